The van der Waals surface area contributed by atoms with Crippen LogP contribution in [0, 0.1) is 6.92 Å². The van der Waals surface area contributed by atoms with Crippen molar-refractivity contribution in [2.45, 2.75) is 13.5 Å². The fraction of sp³-hybridized carbons (Fsp3) is 0.107. The van der Waals surface area contributed by atoms with Crippen molar-refractivity contribution in [2.75, 3.05) is 11.9 Å². The number of guanidine groups is 1. The lowest BCUT2D eigenvalue weighted by atomic mass is 9.99. The number of aliphatic imine (C=N–C) groups is 1. The summed E-state index contributed by atoms with van der Waals surface area (Å²) in [6.07, 6.45) is 0. The minimum atomic E-state index is 0.0822. The number of benzene rings is 4. The Kier molecular flexibility index (Phi) is 6.29. The van der Waals surface area contributed by atoms with Gasteiger partial charge in [0.05, 0.1) is 12.1 Å². The number of aromatic nitrogens is 1. The van der Waals surface area contributed by atoms with E-state index in [0.29, 0.717) is 18.1 Å². The normalized spacial score (nSPS) is 11.2. The van der Waals surface area contributed by atoms with Crippen molar-refractivity contribution in [1.29, 1.82) is 0 Å². The molecule has 5 nitrogen and oxygen atoms in total. The predicted molar refractivity (Wildman–Crippen MR) is 150 cm³/mol. The molecule has 7 heteroatoms. The summed E-state index contributed by atoms with van der Waals surface area (Å²) in [6.45, 7) is 3.10. The highest BCUT2D eigenvalue weighted by molar-refractivity contribution is 6.32. The van der Waals surface area contributed by atoms with Crippen molar-refractivity contribution in [2.24, 2.45) is 16.5 Å². The Labute approximate surface area is 214 Å². The van der Waals surface area contributed by atoms with E-state index in [2.05, 4.69) is 33.1 Å². The number of aryl methyl sites for hydroxylation is 1. The van der Waals surface area contributed by atoms with E-state index in [1.54, 1.807) is 0 Å². The molecule has 4 aromatic carbocycles. The third-order valence-electron chi connectivity index (χ3n) is 6.12. The standard InChI is InChI=1S/C28H25Cl2N5/c1-17-7-8-18(13-24(17)30)21-15-23-22-14-19(29)9-10-26(22)35(12-11-33-28(31)32)27(23)16-25(21)34-20-5-3-2-4-6-20/h2-10,13-16,34H,11-12H2,1H3,(H4,31,32,33). The van der Waals surface area contributed by atoms with Crippen LogP contribution >= 0.6 is 23.2 Å². The monoisotopic (exact) mass is 501 g/mol. The Morgan fingerprint density at radius 2 is 1.66 bits per heavy atom. The highest BCUT2D eigenvalue weighted by Crippen LogP contribution is 2.40. The average molecular weight is 502 g/mol. The molecule has 0 unspecified atom stereocenters. The molecule has 0 aliphatic heterocycles. The third kappa shape index (κ3) is 4.65. The van der Waals surface area contributed by atoms with Gasteiger partial charge in [-0.15, -0.1) is 0 Å². The molecule has 176 valence electrons. The molecule has 0 bridgehead atoms. The van der Waals surface area contributed by atoms with E-state index in [0.717, 1.165) is 54.9 Å². The number of hydrogen-bond donors (Lipinski definition) is 3. The van der Waals surface area contributed by atoms with Gasteiger partial charge in [-0.05, 0) is 66.6 Å². The van der Waals surface area contributed by atoms with E-state index in [-0.39, 0.29) is 5.96 Å². The van der Waals surface area contributed by atoms with Gasteiger partial charge in [0.25, 0.3) is 0 Å². The molecule has 0 aliphatic rings. The number of fused-ring (bicyclic) bond motifs is 3. The fourth-order valence-electron chi connectivity index (χ4n) is 4.42. The number of nitrogens with zero attached hydrogens (tertiary/aromatic N) is 2. The maximum absolute atomic E-state index is 6.52. The molecule has 0 radical (unpaired) electrons. The van der Waals surface area contributed by atoms with Crippen molar-refractivity contribution in [3.63, 3.8) is 0 Å². The Bertz CT molecular complexity index is 1570. The summed E-state index contributed by atoms with van der Waals surface area (Å²) in [5.74, 6) is 0.0822. The van der Waals surface area contributed by atoms with Crippen LogP contribution < -0.4 is 16.8 Å². The highest BCUT2D eigenvalue weighted by atomic mass is 35.5. The maximum atomic E-state index is 6.52. The van der Waals surface area contributed by atoms with E-state index >= 15 is 0 Å². The van der Waals surface area contributed by atoms with Gasteiger partial charge in [-0.2, -0.15) is 0 Å². The van der Waals surface area contributed by atoms with Crippen LogP contribution in [0.3, 0.4) is 0 Å². The number of hydrogen-bond acceptors (Lipinski definition) is 2. The Balaban J connectivity index is 1.78. The predicted octanol–water partition coefficient (Wildman–Crippen LogP) is 7.09. The zero-order chi connectivity index (χ0) is 24.5. The van der Waals surface area contributed by atoms with Crippen molar-refractivity contribution in [3.8, 4) is 11.1 Å². The second-order valence-electron chi connectivity index (χ2n) is 8.49. The van der Waals surface area contributed by atoms with Crippen molar-refractivity contribution in [3.05, 3.63) is 94.5 Å². The van der Waals surface area contributed by atoms with E-state index in [1.165, 1.54) is 0 Å². The van der Waals surface area contributed by atoms with Gasteiger partial charge in [-0.1, -0.05) is 53.5 Å². The summed E-state index contributed by atoms with van der Waals surface area (Å²) in [5.41, 5.74) is 18.4. The SMILES string of the molecule is Cc1ccc(-c2cc3c4cc(Cl)ccc4n(CCN=C(N)N)c3cc2Nc2ccccc2)cc1Cl. The highest BCUT2D eigenvalue weighted by Gasteiger charge is 2.16. The molecule has 0 amide bonds. The number of nitrogens with one attached hydrogen (secondary N) is 1. The number of rotatable bonds is 6. The topological polar surface area (TPSA) is 81.4 Å². The van der Waals surface area contributed by atoms with Gasteiger partial charge in [0.15, 0.2) is 5.96 Å². The zero-order valence-corrected chi connectivity index (χ0v) is 20.7. The van der Waals surface area contributed by atoms with Gasteiger partial charge in [0, 0.05) is 49.8 Å². The Morgan fingerprint density at radius 1 is 0.886 bits per heavy atom. The fourth-order valence-corrected chi connectivity index (χ4v) is 4.77. The molecule has 1 aromatic heterocycles. The lowest BCUT2D eigenvalue weighted by Gasteiger charge is -2.15. The number of nitrogens with two attached hydrogens (primary N) is 2. The van der Waals surface area contributed by atoms with Gasteiger partial charge in [0.1, 0.15) is 0 Å². The summed E-state index contributed by atoms with van der Waals surface area (Å²) >= 11 is 12.9. The number of halogens is 2. The van der Waals surface area contributed by atoms with Crippen molar-refractivity contribution >= 4 is 62.3 Å². The van der Waals surface area contributed by atoms with Crippen LogP contribution in [0.2, 0.25) is 10.0 Å². The van der Waals surface area contributed by atoms with E-state index in [9.17, 15) is 0 Å². The van der Waals surface area contributed by atoms with E-state index in [4.69, 9.17) is 34.7 Å². The smallest absolute Gasteiger partial charge is 0.185 e. The first-order chi connectivity index (χ1) is 16.9. The Hall–Kier alpha value is -3.67. The van der Waals surface area contributed by atoms with Gasteiger partial charge < -0.3 is 21.4 Å². The van der Waals surface area contributed by atoms with Crippen LogP contribution in [-0.4, -0.2) is 17.1 Å². The van der Waals surface area contributed by atoms with E-state index < -0.39 is 0 Å². The van der Waals surface area contributed by atoms with Crippen LogP contribution in [0.1, 0.15) is 5.56 Å². The van der Waals surface area contributed by atoms with Gasteiger partial charge in [0.2, 0.25) is 0 Å². The molecular formula is C28H25Cl2N5. The minimum absolute atomic E-state index is 0.0822. The molecule has 0 aliphatic carbocycles. The summed E-state index contributed by atoms with van der Waals surface area (Å²) in [4.78, 5) is 4.20. The first-order valence-electron chi connectivity index (χ1n) is 11.3. The first kappa shape index (κ1) is 23.1. The molecule has 1 heterocycles. The Morgan fingerprint density at radius 3 is 2.40 bits per heavy atom. The number of para-hydroxylation sites is 1. The number of anilines is 2. The van der Waals surface area contributed by atoms with Gasteiger partial charge >= 0.3 is 0 Å². The van der Waals surface area contributed by atoms with Gasteiger partial charge in [-0.3, -0.25) is 4.99 Å². The summed E-state index contributed by atoms with van der Waals surface area (Å²) in [5, 5.41) is 7.19. The van der Waals surface area contributed by atoms with Crippen molar-refractivity contribution < 1.29 is 0 Å². The van der Waals surface area contributed by atoms with Crippen molar-refractivity contribution in [1.82, 2.24) is 4.57 Å². The second kappa shape index (κ2) is 9.53. The van der Waals surface area contributed by atoms with Crippen LogP contribution in [0.5, 0.6) is 0 Å². The minimum Gasteiger partial charge on any atom is -0.370 e. The molecule has 0 fully saturated rings. The zero-order valence-electron chi connectivity index (χ0n) is 19.2. The second-order valence-corrected chi connectivity index (χ2v) is 9.33. The van der Waals surface area contributed by atoms with Crippen LogP contribution in [0.25, 0.3) is 32.9 Å². The molecular weight excluding hydrogens is 477 g/mol. The third-order valence-corrected chi connectivity index (χ3v) is 6.76. The summed E-state index contributed by atoms with van der Waals surface area (Å²) in [6, 6.07) is 26.6. The molecule has 5 aromatic rings. The summed E-state index contributed by atoms with van der Waals surface area (Å²) in [7, 11) is 0. The molecule has 0 saturated carbocycles. The molecule has 0 spiro atoms. The molecule has 0 atom stereocenters. The lowest BCUT2D eigenvalue weighted by Crippen LogP contribution is -2.23. The molecule has 5 rings (SSSR count). The lowest BCUT2D eigenvalue weighted by molar-refractivity contribution is 0.757. The maximum Gasteiger partial charge on any atom is 0.185 e. The molecule has 0 saturated heterocycles. The summed E-state index contributed by atoms with van der Waals surface area (Å²) < 4.78 is 2.23. The largest absolute Gasteiger partial charge is 0.370 e. The molecule has 35 heavy (non-hydrogen) atoms. The molecule has 5 N–H and O–H groups in total. The van der Waals surface area contributed by atoms with Crippen LogP contribution in [0.4, 0.5) is 11.4 Å². The average Bonchev–Trinajstić information content (AvgIpc) is 3.12. The van der Waals surface area contributed by atoms with Crippen LogP contribution in [-0.2, 0) is 6.54 Å². The van der Waals surface area contributed by atoms with E-state index in [1.807, 2.05) is 67.6 Å². The van der Waals surface area contributed by atoms with Crippen LogP contribution in [0.15, 0.2) is 83.9 Å². The van der Waals surface area contributed by atoms with Gasteiger partial charge in [-0.25, -0.2) is 0 Å². The first-order valence-corrected chi connectivity index (χ1v) is 12.1. The quantitative estimate of drug-likeness (QED) is 0.171.